The summed E-state index contributed by atoms with van der Waals surface area (Å²) in [6.07, 6.45) is 1.71. The minimum atomic E-state index is -0.391. The first-order valence-corrected chi connectivity index (χ1v) is 10.5. The van der Waals surface area contributed by atoms with Gasteiger partial charge < -0.3 is 14.2 Å². The lowest BCUT2D eigenvalue weighted by Crippen LogP contribution is -2.27. The van der Waals surface area contributed by atoms with Gasteiger partial charge in [-0.3, -0.25) is 4.79 Å². The molecular formula is C23H34O5. The van der Waals surface area contributed by atoms with Crippen LogP contribution in [0.4, 0.5) is 0 Å². The van der Waals surface area contributed by atoms with Crippen molar-refractivity contribution >= 4 is 11.9 Å². The van der Waals surface area contributed by atoms with Gasteiger partial charge in [0, 0.05) is 5.92 Å². The molecule has 0 spiro atoms. The number of esters is 2. The number of carbonyl (C=O) groups is 2. The number of hydrogen-bond donors (Lipinski definition) is 0. The molecule has 3 atom stereocenters. The van der Waals surface area contributed by atoms with Crippen molar-refractivity contribution < 1.29 is 23.8 Å². The van der Waals surface area contributed by atoms with E-state index in [9.17, 15) is 9.59 Å². The van der Waals surface area contributed by atoms with E-state index in [2.05, 4.69) is 13.8 Å². The second-order valence-electron chi connectivity index (χ2n) is 7.75. The molecular weight excluding hydrogens is 356 g/mol. The molecule has 0 amide bonds. The van der Waals surface area contributed by atoms with Gasteiger partial charge in [0.15, 0.2) is 0 Å². The molecule has 28 heavy (non-hydrogen) atoms. The molecule has 1 aromatic carbocycles. The van der Waals surface area contributed by atoms with E-state index in [0.717, 1.165) is 24.0 Å². The van der Waals surface area contributed by atoms with E-state index in [4.69, 9.17) is 14.2 Å². The standard InChI is InChI=1S/C23H34O5/c1-7-26-19-13-15(6)12-18(21(19)23(25)28-9-3)20-16(14(4)5)10-11-17(20)22(24)27-8-2/h12-14,16-17,20H,7-11H2,1-6H3/t16-,17-,20+/m1/s1. The first-order valence-electron chi connectivity index (χ1n) is 10.5. The van der Waals surface area contributed by atoms with Gasteiger partial charge in [0.2, 0.25) is 0 Å². The van der Waals surface area contributed by atoms with E-state index in [1.807, 2.05) is 32.9 Å². The Balaban J connectivity index is 2.65. The smallest absolute Gasteiger partial charge is 0.342 e. The predicted octanol–water partition coefficient (Wildman–Crippen LogP) is 4.90. The van der Waals surface area contributed by atoms with E-state index < -0.39 is 5.97 Å². The average molecular weight is 391 g/mol. The second kappa shape index (κ2) is 9.94. The van der Waals surface area contributed by atoms with Crippen molar-refractivity contribution in [2.24, 2.45) is 17.8 Å². The van der Waals surface area contributed by atoms with Crippen molar-refractivity contribution in [1.29, 1.82) is 0 Å². The molecule has 156 valence electrons. The lowest BCUT2D eigenvalue weighted by Gasteiger charge is -2.29. The molecule has 0 saturated heterocycles. The number of hydrogen-bond acceptors (Lipinski definition) is 5. The van der Waals surface area contributed by atoms with Gasteiger partial charge in [-0.25, -0.2) is 4.79 Å². The van der Waals surface area contributed by atoms with Gasteiger partial charge in [-0.15, -0.1) is 0 Å². The molecule has 0 heterocycles. The van der Waals surface area contributed by atoms with Gasteiger partial charge >= 0.3 is 11.9 Å². The summed E-state index contributed by atoms with van der Waals surface area (Å²) in [5.74, 6) is 0.305. The van der Waals surface area contributed by atoms with Crippen LogP contribution in [0.25, 0.3) is 0 Å². The molecule has 5 nitrogen and oxygen atoms in total. The minimum Gasteiger partial charge on any atom is -0.493 e. The fourth-order valence-corrected chi connectivity index (χ4v) is 4.47. The normalized spacial score (nSPS) is 21.6. The highest BCUT2D eigenvalue weighted by atomic mass is 16.5. The quantitative estimate of drug-likeness (QED) is 0.591. The molecule has 5 heteroatoms. The Bertz CT molecular complexity index is 694. The Kier molecular flexibility index (Phi) is 7.90. The van der Waals surface area contributed by atoms with Crippen molar-refractivity contribution in [2.45, 2.75) is 60.3 Å². The molecule has 2 rings (SSSR count). The zero-order valence-corrected chi connectivity index (χ0v) is 18.0. The molecule has 0 N–H and O–H groups in total. The fourth-order valence-electron chi connectivity index (χ4n) is 4.47. The molecule has 1 saturated carbocycles. The summed E-state index contributed by atoms with van der Waals surface area (Å²) in [6, 6.07) is 3.89. The lowest BCUT2D eigenvalue weighted by atomic mass is 9.76. The van der Waals surface area contributed by atoms with Gasteiger partial charge in [0.1, 0.15) is 11.3 Å². The summed E-state index contributed by atoms with van der Waals surface area (Å²) in [5.41, 5.74) is 2.32. The third-order valence-electron chi connectivity index (χ3n) is 5.57. The first kappa shape index (κ1) is 22.3. The third-order valence-corrected chi connectivity index (χ3v) is 5.57. The van der Waals surface area contributed by atoms with Gasteiger partial charge in [0.25, 0.3) is 0 Å². The van der Waals surface area contributed by atoms with E-state index in [0.29, 0.717) is 36.4 Å². The number of ether oxygens (including phenoxy) is 3. The molecule has 0 bridgehead atoms. The first-order chi connectivity index (χ1) is 13.3. The molecule has 0 unspecified atom stereocenters. The van der Waals surface area contributed by atoms with E-state index in [1.54, 1.807) is 6.92 Å². The Morgan fingerprint density at radius 1 is 1.04 bits per heavy atom. The van der Waals surface area contributed by atoms with Crippen LogP contribution in [0.3, 0.4) is 0 Å². The van der Waals surface area contributed by atoms with Crippen LogP contribution in [0.2, 0.25) is 0 Å². The Morgan fingerprint density at radius 2 is 1.71 bits per heavy atom. The van der Waals surface area contributed by atoms with Crippen LogP contribution < -0.4 is 4.74 Å². The van der Waals surface area contributed by atoms with Crippen molar-refractivity contribution in [2.75, 3.05) is 19.8 Å². The third kappa shape index (κ3) is 4.68. The SMILES string of the molecule is CCOC(=O)c1c(OCC)cc(C)cc1[C@H]1[C@@H](C(C)C)CC[C@H]1C(=O)OCC. The second-order valence-corrected chi connectivity index (χ2v) is 7.75. The predicted molar refractivity (Wildman–Crippen MR) is 109 cm³/mol. The van der Waals surface area contributed by atoms with E-state index in [1.165, 1.54) is 0 Å². The highest BCUT2D eigenvalue weighted by Crippen LogP contribution is 2.50. The number of carbonyl (C=O) groups excluding carboxylic acids is 2. The summed E-state index contributed by atoms with van der Waals surface area (Å²) in [4.78, 5) is 25.6. The van der Waals surface area contributed by atoms with Crippen molar-refractivity contribution in [3.05, 3.63) is 28.8 Å². The summed E-state index contributed by atoms with van der Waals surface area (Å²) in [7, 11) is 0. The molecule has 1 aliphatic carbocycles. The van der Waals surface area contributed by atoms with Crippen molar-refractivity contribution in [3.8, 4) is 5.75 Å². The van der Waals surface area contributed by atoms with Crippen LogP contribution in [0.5, 0.6) is 5.75 Å². The van der Waals surface area contributed by atoms with Crippen LogP contribution in [0, 0.1) is 24.7 Å². The molecule has 1 aromatic rings. The van der Waals surface area contributed by atoms with Crippen LogP contribution in [-0.2, 0) is 14.3 Å². The van der Waals surface area contributed by atoms with Crippen LogP contribution in [0.1, 0.15) is 74.9 Å². The highest BCUT2D eigenvalue weighted by molar-refractivity contribution is 5.95. The van der Waals surface area contributed by atoms with Gasteiger partial charge in [0.05, 0.1) is 25.7 Å². The monoisotopic (exact) mass is 390 g/mol. The minimum absolute atomic E-state index is 0.0856. The number of benzene rings is 1. The molecule has 0 aliphatic heterocycles. The number of rotatable bonds is 8. The van der Waals surface area contributed by atoms with Crippen molar-refractivity contribution in [3.63, 3.8) is 0 Å². The van der Waals surface area contributed by atoms with E-state index in [-0.39, 0.29) is 24.4 Å². The van der Waals surface area contributed by atoms with E-state index >= 15 is 0 Å². The van der Waals surface area contributed by atoms with Crippen molar-refractivity contribution in [1.82, 2.24) is 0 Å². The Hall–Kier alpha value is -2.04. The van der Waals surface area contributed by atoms with Crippen LogP contribution >= 0.6 is 0 Å². The maximum atomic E-state index is 12.9. The lowest BCUT2D eigenvalue weighted by molar-refractivity contribution is -0.148. The largest absolute Gasteiger partial charge is 0.493 e. The summed E-state index contributed by atoms with van der Waals surface area (Å²) in [6.45, 7) is 12.9. The van der Waals surface area contributed by atoms with Gasteiger partial charge in [-0.2, -0.15) is 0 Å². The zero-order chi connectivity index (χ0) is 20.8. The summed E-state index contributed by atoms with van der Waals surface area (Å²) >= 11 is 0. The topological polar surface area (TPSA) is 61.8 Å². The van der Waals surface area contributed by atoms with Gasteiger partial charge in [-0.05, 0) is 69.6 Å². The van der Waals surface area contributed by atoms with Gasteiger partial charge in [-0.1, -0.05) is 19.9 Å². The van der Waals surface area contributed by atoms with Crippen LogP contribution in [0.15, 0.2) is 12.1 Å². The Labute approximate surface area is 168 Å². The molecule has 1 fully saturated rings. The summed E-state index contributed by atoms with van der Waals surface area (Å²) < 4.78 is 16.5. The average Bonchev–Trinajstić information content (AvgIpc) is 3.07. The molecule has 0 radical (unpaired) electrons. The zero-order valence-electron chi connectivity index (χ0n) is 18.0. The molecule has 0 aromatic heterocycles. The summed E-state index contributed by atoms with van der Waals surface area (Å²) in [5, 5.41) is 0. The fraction of sp³-hybridized carbons (Fsp3) is 0.652. The maximum absolute atomic E-state index is 12.9. The molecule has 1 aliphatic rings. The van der Waals surface area contributed by atoms with Crippen LogP contribution in [-0.4, -0.2) is 31.8 Å². The maximum Gasteiger partial charge on any atom is 0.342 e. The highest BCUT2D eigenvalue weighted by Gasteiger charge is 2.45. The Morgan fingerprint density at radius 3 is 2.29 bits per heavy atom. The number of aryl methyl sites for hydroxylation is 1.